The number of ether oxygens (including phenoxy) is 1. The molecule has 0 saturated heterocycles. The van der Waals surface area contributed by atoms with E-state index < -0.39 is 0 Å². The van der Waals surface area contributed by atoms with E-state index in [1.54, 1.807) is 30.1 Å². The molecule has 1 heterocycles. The first-order chi connectivity index (χ1) is 11.5. The summed E-state index contributed by atoms with van der Waals surface area (Å²) in [7, 11) is 1.66. The number of aromatic nitrogens is 2. The zero-order valence-electron chi connectivity index (χ0n) is 13.0. The summed E-state index contributed by atoms with van der Waals surface area (Å²) in [4.78, 5) is 0. The van der Waals surface area contributed by atoms with Crippen molar-refractivity contribution in [1.82, 2.24) is 15.1 Å². The molecule has 0 aliphatic carbocycles. The monoisotopic (exact) mass is 406 g/mol. The number of methoxy groups -OCH3 is 1. The van der Waals surface area contributed by atoms with Gasteiger partial charge < -0.3 is 15.4 Å². The molecule has 0 saturated carbocycles. The minimum Gasteiger partial charge on any atom is -0.385 e. The fourth-order valence-electron chi connectivity index (χ4n) is 1.96. The first-order valence-electron chi connectivity index (χ1n) is 7.20. The number of hydrogen-bond donors (Lipinski definition) is 2. The van der Waals surface area contributed by atoms with E-state index in [-0.39, 0.29) is 0 Å². The fourth-order valence-corrected chi connectivity index (χ4v) is 2.82. The van der Waals surface area contributed by atoms with Crippen LogP contribution >= 0.6 is 47.0 Å². The van der Waals surface area contributed by atoms with E-state index in [9.17, 15) is 0 Å². The molecule has 2 rings (SSSR count). The Morgan fingerprint density at radius 2 is 2.08 bits per heavy atom. The van der Waals surface area contributed by atoms with Crippen LogP contribution in [0.25, 0.3) is 0 Å². The van der Waals surface area contributed by atoms with Gasteiger partial charge in [0.15, 0.2) is 10.9 Å². The molecule has 24 heavy (non-hydrogen) atoms. The van der Waals surface area contributed by atoms with E-state index in [0.717, 1.165) is 12.0 Å². The lowest BCUT2D eigenvalue weighted by molar-refractivity contribution is 0.196. The number of thiocarbonyl (C=S) groups is 1. The fraction of sp³-hybridized carbons (Fsp3) is 0.333. The summed E-state index contributed by atoms with van der Waals surface area (Å²) < 4.78 is 6.67. The van der Waals surface area contributed by atoms with Gasteiger partial charge in [0.1, 0.15) is 5.02 Å². The Hall–Kier alpha value is -1.05. The molecule has 2 aromatic rings. The van der Waals surface area contributed by atoms with E-state index in [1.165, 1.54) is 0 Å². The Balaban J connectivity index is 1.95. The third kappa shape index (κ3) is 5.79. The average molecular weight is 408 g/mol. The Kier molecular flexibility index (Phi) is 7.58. The van der Waals surface area contributed by atoms with Crippen molar-refractivity contribution >= 4 is 58.0 Å². The van der Waals surface area contributed by atoms with Gasteiger partial charge in [0.25, 0.3) is 0 Å². The molecule has 0 aliphatic heterocycles. The van der Waals surface area contributed by atoms with Crippen molar-refractivity contribution in [2.24, 2.45) is 0 Å². The quantitative estimate of drug-likeness (QED) is 0.532. The minimum absolute atomic E-state index is 0.461. The summed E-state index contributed by atoms with van der Waals surface area (Å²) in [6, 6.07) is 5.34. The van der Waals surface area contributed by atoms with Crippen LogP contribution in [0.4, 0.5) is 5.82 Å². The van der Waals surface area contributed by atoms with E-state index in [4.69, 9.17) is 51.8 Å². The van der Waals surface area contributed by atoms with Crippen LogP contribution < -0.4 is 10.6 Å². The normalized spacial score (nSPS) is 10.7. The van der Waals surface area contributed by atoms with Gasteiger partial charge in [-0.3, -0.25) is 4.68 Å². The lowest BCUT2D eigenvalue weighted by Crippen LogP contribution is -2.30. The first kappa shape index (κ1) is 19.3. The van der Waals surface area contributed by atoms with Gasteiger partial charge in [-0.2, -0.15) is 5.10 Å². The molecule has 2 N–H and O–H groups in total. The standard InChI is InChI=1S/C15H17Cl3N4OS/c1-23-6-2-5-19-15(24)20-14-13(18)9-22(21-14)8-10-3-4-11(16)7-12(10)17/h3-4,7,9H,2,5-6,8H2,1H3,(H2,19,20,21,24). The van der Waals surface area contributed by atoms with E-state index in [2.05, 4.69) is 15.7 Å². The molecule has 5 nitrogen and oxygen atoms in total. The van der Waals surface area contributed by atoms with Gasteiger partial charge in [-0.1, -0.05) is 40.9 Å². The number of rotatable bonds is 7. The number of anilines is 1. The van der Waals surface area contributed by atoms with Crippen molar-refractivity contribution in [3.8, 4) is 0 Å². The van der Waals surface area contributed by atoms with Crippen LogP contribution in [-0.2, 0) is 11.3 Å². The Morgan fingerprint density at radius 3 is 2.79 bits per heavy atom. The summed E-state index contributed by atoms with van der Waals surface area (Å²) >= 11 is 23.5. The predicted molar refractivity (Wildman–Crippen MR) is 104 cm³/mol. The molecule has 0 spiro atoms. The molecule has 0 atom stereocenters. The Morgan fingerprint density at radius 1 is 1.29 bits per heavy atom. The molecule has 1 aromatic carbocycles. The molecule has 0 amide bonds. The van der Waals surface area contributed by atoms with Crippen LogP contribution in [0.3, 0.4) is 0 Å². The highest BCUT2D eigenvalue weighted by Crippen LogP contribution is 2.24. The van der Waals surface area contributed by atoms with E-state index in [1.807, 2.05) is 6.07 Å². The molecule has 1 aromatic heterocycles. The highest BCUT2D eigenvalue weighted by atomic mass is 35.5. The van der Waals surface area contributed by atoms with Crippen molar-refractivity contribution in [2.45, 2.75) is 13.0 Å². The maximum Gasteiger partial charge on any atom is 0.173 e. The Labute approximate surface area is 161 Å². The highest BCUT2D eigenvalue weighted by molar-refractivity contribution is 7.80. The zero-order chi connectivity index (χ0) is 17.5. The van der Waals surface area contributed by atoms with Gasteiger partial charge in [-0.15, -0.1) is 0 Å². The summed E-state index contributed by atoms with van der Waals surface area (Å²) in [5.74, 6) is 0.492. The molecule has 0 unspecified atom stereocenters. The van der Waals surface area contributed by atoms with Crippen LogP contribution in [0.5, 0.6) is 0 Å². The summed E-state index contributed by atoms with van der Waals surface area (Å²) in [5, 5.41) is 12.5. The van der Waals surface area contributed by atoms with Crippen LogP contribution in [0.2, 0.25) is 15.1 Å². The summed E-state index contributed by atoms with van der Waals surface area (Å²) in [5.41, 5.74) is 0.895. The number of halogens is 3. The molecule has 9 heteroatoms. The lowest BCUT2D eigenvalue weighted by Gasteiger charge is -2.08. The van der Waals surface area contributed by atoms with Gasteiger partial charge in [0.05, 0.1) is 6.54 Å². The van der Waals surface area contributed by atoms with Gasteiger partial charge >= 0.3 is 0 Å². The molecular formula is C15H17Cl3N4OS. The molecule has 0 bridgehead atoms. The first-order valence-corrected chi connectivity index (χ1v) is 8.74. The van der Waals surface area contributed by atoms with Gasteiger partial charge in [-0.25, -0.2) is 0 Å². The molecule has 0 fully saturated rings. The van der Waals surface area contributed by atoms with Crippen molar-refractivity contribution < 1.29 is 4.74 Å². The van der Waals surface area contributed by atoms with E-state index in [0.29, 0.717) is 45.7 Å². The zero-order valence-corrected chi connectivity index (χ0v) is 16.1. The molecule has 0 aliphatic rings. The molecule has 130 valence electrons. The molecular weight excluding hydrogens is 391 g/mol. The summed E-state index contributed by atoms with van der Waals surface area (Å²) in [6.07, 6.45) is 2.57. The van der Waals surface area contributed by atoms with E-state index >= 15 is 0 Å². The van der Waals surface area contributed by atoms with Crippen LogP contribution in [-0.4, -0.2) is 35.2 Å². The topological polar surface area (TPSA) is 51.1 Å². The van der Waals surface area contributed by atoms with Crippen LogP contribution in [0, 0.1) is 0 Å². The number of nitrogens with zero attached hydrogens (tertiary/aromatic N) is 2. The number of nitrogens with one attached hydrogen (secondary N) is 2. The van der Waals surface area contributed by atoms with Crippen LogP contribution in [0.1, 0.15) is 12.0 Å². The molecule has 0 radical (unpaired) electrons. The van der Waals surface area contributed by atoms with Crippen LogP contribution in [0.15, 0.2) is 24.4 Å². The highest BCUT2D eigenvalue weighted by Gasteiger charge is 2.10. The van der Waals surface area contributed by atoms with Crippen molar-refractivity contribution in [2.75, 3.05) is 25.6 Å². The number of hydrogen-bond acceptors (Lipinski definition) is 3. The largest absolute Gasteiger partial charge is 0.385 e. The second-order valence-electron chi connectivity index (χ2n) is 4.99. The predicted octanol–water partition coefficient (Wildman–Crippen LogP) is 4.21. The SMILES string of the molecule is COCCCNC(=S)Nc1nn(Cc2ccc(Cl)cc2Cl)cc1Cl. The van der Waals surface area contributed by atoms with Gasteiger partial charge in [0, 0.05) is 36.5 Å². The smallest absolute Gasteiger partial charge is 0.173 e. The minimum atomic E-state index is 0.461. The average Bonchev–Trinajstić information content (AvgIpc) is 2.86. The second-order valence-corrected chi connectivity index (χ2v) is 6.65. The maximum absolute atomic E-state index is 6.20. The van der Waals surface area contributed by atoms with Crippen molar-refractivity contribution in [1.29, 1.82) is 0 Å². The second kappa shape index (κ2) is 9.44. The van der Waals surface area contributed by atoms with Crippen molar-refractivity contribution in [3.05, 3.63) is 45.0 Å². The Bertz CT molecular complexity index is 708. The number of benzene rings is 1. The summed E-state index contributed by atoms with van der Waals surface area (Å²) in [6.45, 7) is 1.86. The van der Waals surface area contributed by atoms with Gasteiger partial charge in [0.2, 0.25) is 0 Å². The lowest BCUT2D eigenvalue weighted by atomic mass is 10.2. The van der Waals surface area contributed by atoms with Crippen molar-refractivity contribution in [3.63, 3.8) is 0 Å². The third-order valence-corrected chi connectivity index (χ3v) is 4.22. The van der Waals surface area contributed by atoms with Gasteiger partial charge in [-0.05, 0) is 36.3 Å². The maximum atomic E-state index is 6.20. The third-order valence-electron chi connectivity index (χ3n) is 3.11.